The van der Waals surface area contributed by atoms with Crippen LogP contribution in [0.1, 0.15) is 0 Å². The molecule has 0 bridgehead atoms. The minimum absolute atomic E-state index is 0.736. The largest absolute Gasteiger partial charge is 0.452 e. The van der Waals surface area contributed by atoms with E-state index in [0.29, 0.717) is 0 Å². The van der Waals surface area contributed by atoms with Crippen LogP contribution in [0.4, 0.5) is 34.1 Å². The molecular weight excluding hydrogens is 1090 g/mol. The lowest BCUT2D eigenvalue weighted by Crippen LogP contribution is -2.12. The van der Waals surface area contributed by atoms with Gasteiger partial charge < -0.3 is 18.6 Å². The normalized spacial score (nSPS) is 11.6. The summed E-state index contributed by atoms with van der Waals surface area (Å²) in [6.45, 7) is 0. The summed E-state index contributed by atoms with van der Waals surface area (Å²) in [6, 6.07) is 122. The van der Waals surface area contributed by atoms with Crippen molar-refractivity contribution < 1.29 is 8.83 Å². The van der Waals surface area contributed by atoms with Crippen molar-refractivity contribution in [1.82, 2.24) is 0 Å². The average Bonchev–Trinajstić information content (AvgIpc) is 1.53. The molecule has 0 amide bonds. The van der Waals surface area contributed by atoms with Gasteiger partial charge in [-0.25, -0.2) is 0 Å². The summed E-state index contributed by atoms with van der Waals surface area (Å²) >= 11 is 0. The van der Waals surface area contributed by atoms with Crippen molar-refractivity contribution in [3.8, 4) is 66.8 Å². The van der Waals surface area contributed by atoms with Crippen LogP contribution >= 0.6 is 0 Å². The Morgan fingerprint density at radius 3 is 0.889 bits per heavy atom. The second-order valence-electron chi connectivity index (χ2n) is 23.1. The fourth-order valence-electron chi connectivity index (χ4n) is 13.5. The van der Waals surface area contributed by atoms with Gasteiger partial charge in [-0.1, -0.05) is 243 Å². The van der Waals surface area contributed by atoms with Crippen molar-refractivity contribution in [1.29, 1.82) is 0 Å². The molecule has 0 atom stereocenters. The number of furan rings is 2. The van der Waals surface area contributed by atoms with Gasteiger partial charge in [0.25, 0.3) is 0 Å². The van der Waals surface area contributed by atoms with E-state index < -0.39 is 0 Å². The van der Waals surface area contributed by atoms with Crippen LogP contribution in [0.15, 0.2) is 349 Å². The molecule has 0 fully saturated rings. The van der Waals surface area contributed by atoms with Gasteiger partial charge in [-0.3, -0.25) is 0 Å². The van der Waals surface area contributed by atoms with Gasteiger partial charge in [-0.05, 0) is 163 Å². The first-order valence-corrected chi connectivity index (χ1v) is 30.7. The molecule has 17 rings (SSSR count). The molecule has 0 N–H and O–H groups in total. The highest BCUT2D eigenvalue weighted by molar-refractivity contribution is 6.21. The maximum Gasteiger partial charge on any atom is 0.178 e. The Hall–Kier alpha value is -12.0. The highest BCUT2D eigenvalue weighted by Crippen LogP contribution is 2.50. The van der Waals surface area contributed by atoms with Gasteiger partial charge in [0.1, 0.15) is 11.2 Å². The predicted molar refractivity (Wildman–Crippen MR) is 378 cm³/mol. The molecule has 0 spiro atoms. The highest BCUT2D eigenvalue weighted by atomic mass is 16.4. The van der Waals surface area contributed by atoms with E-state index in [2.05, 4.69) is 350 Å². The maximum atomic E-state index is 7.05. The second kappa shape index (κ2) is 22.1. The molecule has 2 heterocycles. The van der Waals surface area contributed by atoms with E-state index in [1.165, 1.54) is 11.1 Å². The standard InChI is InChI=1S/C86H56N2O2/c1-7-23-57(24-8-1)63-41-47-81(75(51-63)61-31-15-5-16-32-61)87(79-37-21-19-35-71(79)59-27-11-3-12-28-59)69-43-39-65-53-77-73-45-46-74-78-54-66-40-44-70(50-68(66)56-84(78)90-86(74)85(73)89-83(77)55-67(65)49-69)88(80-38-22-20-36-72(80)60-29-13-4-14-30-60)82-48-42-64(58-25-9-2-10-26-58)52-76(82)62-33-17-6-18-34-62/h1-56H. The smallest absolute Gasteiger partial charge is 0.178 e. The van der Waals surface area contributed by atoms with Gasteiger partial charge in [0.05, 0.1) is 22.7 Å². The zero-order valence-electron chi connectivity index (χ0n) is 49.0. The number of benzene rings is 15. The third-order valence-corrected chi connectivity index (χ3v) is 17.8. The Morgan fingerprint density at radius 1 is 0.189 bits per heavy atom. The molecule has 17 aromatic rings. The number of hydrogen-bond acceptors (Lipinski definition) is 4. The minimum atomic E-state index is 0.736. The topological polar surface area (TPSA) is 32.8 Å². The molecule has 422 valence electrons. The van der Waals surface area contributed by atoms with Crippen molar-refractivity contribution in [2.24, 2.45) is 0 Å². The predicted octanol–water partition coefficient (Wildman–Crippen LogP) is 24.7. The molecule has 0 aliphatic carbocycles. The SMILES string of the molecule is c1ccc(-c2ccc(N(c3ccc4cc5c(cc4c3)oc3c5ccc4c5cc6ccc(N(c7ccccc7-c7ccccc7)c7ccc(-c8ccccc8)cc7-c7ccccc7)cc6cc5oc43)c3ccccc3-c3ccccc3)c(-c3ccccc3)c2)cc1. The first kappa shape index (κ1) is 52.4. The number of nitrogens with zero attached hydrogens (tertiary/aromatic N) is 2. The summed E-state index contributed by atoms with van der Waals surface area (Å²) in [6.07, 6.45) is 0. The van der Waals surface area contributed by atoms with E-state index in [1.807, 2.05) is 0 Å². The number of para-hydroxylation sites is 2. The molecule has 0 saturated carbocycles. The molecule has 15 aromatic carbocycles. The van der Waals surface area contributed by atoms with Crippen molar-refractivity contribution in [2.75, 3.05) is 9.80 Å². The van der Waals surface area contributed by atoms with Crippen molar-refractivity contribution in [2.45, 2.75) is 0 Å². The van der Waals surface area contributed by atoms with Gasteiger partial charge >= 0.3 is 0 Å². The second-order valence-corrected chi connectivity index (χ2v) is 23.1. The van der Waals surface area contributed by atoms with E-state index in [1.54, 1.807) is 0 Å². The lowest BCUT2D eigenvalue weighted by Gasteiger charge is -2.30. The van der Waals surface area contributed by atoms with E-state index in [0.717, 1.165) is 155 Å². The van der Waals surface area contributed by atoms with Crippen molar-refractivity contribution in [3.05, 3.63) is 340 Å². The van der Waals surface area contributed by atoms with Crippen LogP contribution < -0.4 is 9.80 Å². The summed E-state index contributed by atoms with van der Waals surface area (Å²) in [5.41, 5.74) is 23.2. The molecule has 90 heavy (non-hydrogen) atoms. The zero-order valence-corrected chi connectivity index (χ0v) is 49.0. The molecule has 0 aliphatic heterocycles. The lowest BCUT2D eigenvalue weighted by molar-refractivity contribution is 0.634. The van der Waals surface area contributed by atoms with Crippen LogP contribution in [0.2, 0.25) is 0 Å². The zero-order chi connectivity index (χ0) is 59.5. The van der Waals surface area contributed by atoms with Crippen LogP contribution in [0.3, 0.4) is 0 Å². The minimum Gasteiger partial charge on any atom is -0.452 e. The van der Waals surface area contributed by atoms with E-state index in [4.69, 9.17) is 8.83 Å². The molecule has 4 nitrogen and oxygen atoms in total. The molecule has 4 heteroatoms. The van der Waals surface area contributed by atoms with Crippen LogP contribution in [-0.2, 0) is 0 Å². The Kier molecular flexibility index (Phi) is 12.8. The Balaban J connectivity index is 0.803. The van der Waals surface area contributed by atoms with E-state index in [9.17, 15) is 0 Å². The van der Waals surface area contributed by atoms with Crippen LogP contribution in [0.25, 0.3) is 132 Å². The number of rotatable bonds is 12. The summed E-state index contributed by atoms with van der Waals surface area (Å²) in [7, 11) is 0. The molecule has 0 saturated heterocycles. The third-order valence-electron chi connectivity index (χ3n) is 17.8. The van der Waals surface area contributed by atoms with Gasteiger partial charge in [0.2, 0.25) is 0 Å². The summed E-state index contributed by atoms with van der Waals surface area (Å²) in [4.78, 5) is 4.86. The highest BCUT2D eigenvalue weighted by Gasteiger charge is 2.25. The molecule has 0 radical (unpaired) electrons. The monoisotopic (exact) mass is 1150 g/mol. The fraction of sp³-hybridized carbons (Fsp3) is 0. The van der Waals surface area contributed by atoms with E-state index in [-0.39, 0.29) is 0 Å². The Bertz CT molecular complexity index is 5180. The van der Waals surface area contributed by atoms with Gasteiger partial charge in [0.15, 0.2) is 11.2 Å². The van der Waals surface area contributed by atoms with Gasteiger partial charge in [-0.15, -0.1) is 0 Å². The first-order valence-electron chi connectivity index (χ1n) is 30.7. The maximum absolute atomic E-state index is 7.05. The number of fused-ring (bicyclic) bond motifs is 9. The molecule has 0 aliphatic rings. The van der Waals surface area contributed by atoms with Crippen molar-refractivity contribution >= 4 is 99.5 Å². The average molecular weight is 1150 g/mol. The lowest BCUT2D eigenvalue weighted by atomic mass is 9.95. The van der Waals surface area contributed by atoms with Crippen LogP contribution in [0.5, 0.6) is 0 Å². The Morgan fingerprint density at radius 2 is 0.511 bits per heavy atom. The molecular formula is C86H56N2O2. The van der Waals surface area contributed by atoms with Crippen LogP contribution in [-0.4, -0.2) is 0 Å². The summed E-state index contributed by atoms with van der Waals surface area (Å²) < 4.78 is 14.1. The van der Waals surface area contributed by atoms with E-state index >= 15 is 0 Å². The van der Waals surface area contributed by atoms with Gasteiger partial charge in [-0.2, -0.15) is 0 Å². The Labute approximate surface area is 521 Å². The third kappa shape index (κ3) is 9.25. The number of anilines is 6. The fourth-order valence-corrected chi connectivity index (χ4v) is 13.5. The van der Waals surface area contributed by atoms with Crippen molar-refractivity contribution in [3.63, 3.8) is 0 Å². The quantitative estimate of drug-likeness (QED) is 0.122. The molecule has 0 unspecified atom stereocenters. The molecule has 2 aromatic heterocycles. The first-order chi connectivity index (χ1) is 44.6. The van der Waals surface area contributed by atoms with Gasteiger partial charge in [0, 0.05) is 55.2 Å². The van der Waals surface area contributed by atoms with Crippen LogP contribution in [0, 0.1) is 0 Å². The summed E-state index contributed by atoms with van der Waals surface area (Å²) in [5.74, 6) is 0. The summed E-state index contributed by atoms with van der Waals surface area (Å²) in [5, 5.41) is 8.46. The number of hydrogen-bond donors (Lipinski definition) is 0.